The highest BCUT2D eigenvalue weighted by Gasteiger charge is 2.17. The Morgan fingerprint density at radius 3 is 2.19 bits per heavy atom. The largest absolute Gasteiger partial charge is 0.356 e. The van der Waals surface area contributed by atoms with Crippen LogP contribution in [0.25, 0.3) is 0 Å². The standard InChI is InChI=1S/C22H28N2O2/c1-16-14-17(2)22(18(3)15-16)24(19(4)25)13-11-21(26)23-12-10-20-8-6-5-7-9-20/h5-9,14-15H,10-13H2,1-4H3,(H,23,26). The molecule has 2 aromatic rings. The van der Waals surface area contributed by atoms with E-state index in [9.17, 15) is 9.59 Å². The Kier molecular flexibility index (Phi) is 6.96. The van der Waals surface area contributed by atoms with Gasteiger partial charge in [0, 0.05) is 32.1 Å². The van der Waals surface area contributed by atoms with Gasteiger partial charge in [-0.2, -0.15) is 0 Å². The zero-order valence-corrected chi connectivity index (χ0v) is 16.1. The maximum absolute atomic E-state index is 12.2. The first-order chi connectivity index (χ1) is 12.4. The fourth-order valence-electron chi connectivity index (χ4n) is 3.32. The molecule has 1 N–H and O–H groups in total. The lowest BCUT2D eigenvalue weighted by molar-refractivity contribution is -0.121. The fraction of sp³-hybridized carbons (Fsp3) is 0.364. The summed E-state index contributed by atoms with van der Waals surface area (Å²) in [4.78, 5) is 26.0. The molecule has 0 saturated carbocycles. The average molecular weight is 352 g/mol. The third-order valence-electron chi connectivity index (χ3n) is 4.43. The van der Waals surface area contributed by atoms with Crippen LogP contribution < -0.4 is 10.2 Å². The minimum absolute atomic E-state index is 0.0328. The normalized spacial score (nSPS) is 10.5. The smallest absolute Gasteiger partial charge is 0.223 e. The molecule has 138 valence electrons. The highest BCUT2D eigenvalue weighted by Crippen LogP contribution is 2.26. The van der Waals surface area contributed by atoms with Crippen molar-refractivity contribution >= 4 is 17.5 Å². The van der Waals surface area contributed by atoms with Crippen molar-refractivity contribution in [2.24, 2.45) is 0 Å². The van der Waals surface area contributed by atoms with Crippen LogP contribution in [0.15, 0.2) is 42.5 Å². The van der Waals surface area contributed by atoms with Crippen LogP contribution in [-0.2, 0) is 16.0 Å². The van der Waals surface area contributed by atoms with E-state index in [0.717, 1.165) is 23.2 Å². The molecule has 4 nitrogen and oxygen atoms in total. The predicted octanol–water partition coefficient (Wildman–Crippen LogP) is 3.71. The van der Waals surface area contributed by atoms with E-state index in [4.69, 9.17) is 0 Å². The van der Waals surface area contributed by atoms with Crippen molar-refractivity contribution in [2.45, 2.75) is 40.5 Å². The Morgan fingerprint density at radius 2 is 1.62 bits per heavy atom. The second kappa shape index (κ2) is 9.18. The van der Waals surface area contributed by atoms with Crippen molar-refractivity contribution in [3.8, 4) is 0 Å². The van der Waals surface area contributed by atoms with Gasteiger partial charge in [0.15, 0.2) is 0 Å². The zero-order valence-electron chi connectivity index (χ0n) is 16.1. The molecule has 0 aliphatic carbocycles. The maximum Gasteiger partial charge on any atom is 0.223 e. The van der Waals surface area contributed by atoms with Crippen LogP contribution in [0.4, 0.5) is 5.69 Å². The van der Waals surface area contributed by atoms with Crippen molar-refractivity contribution in [1.82, 2.24) is 5.32 Å². The molecule has 0 heterocycles. The lowest BCUT2D eigenvalue weighted by Crippen LogP contribution is -2.35. The minimum atomic E-state index is -0.0443. The molecule has 0 unspecified atom stereocenters. The maximum atomic E-state index is 12.2. The van der Waals surface area contributed by atoms with Crippen molar-refractivity contribution in [2.75, 3.05) is 18.0 Å². The average Bonchev–Trinajstić information content (AvgIpc) is 2.57. The van der Waals surface area contributed by atoms with Gasteiger partial charge in [-0.05, 0) is 43.9 Å². The topological polar surface area (TPSA) is 49.4 Å². The molecule has 0 saturated heterocycles. The van der Waals surface area contributed by atoms with Gasteiger partial charge in [0.1, 0.15) is 0 Å². The van der Waals surface area contributed by atoms with Crippen LogP contribution >= 0.6 is 0 Å². The summed E-state index contributed by atoms with van der Waals surface area (Å²) in [6.45, 7) is 8.59. The van der Waals surface area contributed by atoms with Crippen molar-refractivity contribution in [3.63, 3.8) is 0 Å². The summed E-state index contributed by atoms with van der Waals surface area (Å²) in [5.74, 6) is -0.0771. The monoisotopic (exact) mass is 352 g/mol. The van der Waals surface area contributed by atoms with Gasteiger partial charge in [-0.1, -0.05) is 48.0 Å². The summed E-state index contributed by atoms with van der Waals surface area (Å²) in [5.41, 5.74) is 5.40. The van der Waals surface area contributed by atoms with Gasteiger partial charge in [0.2, 0.25) is 11.8 Å². The highest BCUT2D eigenvalue weighted by atomic mass is 16.2. The number of benzene rings is 2. The van der Waals surface area contributed by atoms with Crippen LogP contribution in [0.5, 0.6) is 0 Å². The van der Waals surface area contributed by atoms with Crippen LogP contribution in [0.2, 0.25) is 0 Å². The van der Waals surface area contributed by atoms with Crippen molar-refractivity contribution in [1.29, 1.82) is 0 Å². The molecule has 0 aliphatic heterocycles. The van der Waals surface area contributed by atoms with E-state index in [1.165, 1.54) is 11.1 Å². The Labute approximate surface area is 156 Å². The second-order valence-corrected chi connectivity index (χ2v) is 6.75. The second-order valence-electron chi connectivity index (χ2n) is 6.75. The number of nitrogens with one attached hydrogen (secondary N) is 1. The number of anilines is 1. The molecule has 2 amide bonds. The third-order valence-corrected chi connectivity index (χ3v) is 4.43. The molecule has 0 fully saturated rings. The van der Waals surface area contributed by atoms with Gasteiger partial charge >= 0.3 is 0 Å². The highest BCUT2D eigenvalue weighted by molar-refractivity contribution is 5.94. The number of carbonyl (C=O) groups excluding carboxylic acids is 2. The Balaban J connectivity index is 1.92. The SMILES string of the molecule is CC(=O)N(CCC(=O)NCCc1ccccc1)c1c(C)cc(C)cc1C. The van der Waals surface area contributed by atoms with E-state index >= 15 is 0 Å². The first-order valence-corrected chi connectivity index (χ1v) is 9.05. The molecule has 4 heteroatoms. The molecule has 0 aromatic heterocycles. The van der Waals surface area contributed by atoms with Crippen molar-refractivity contribution in [3.05, 3.63) is 64.7 Å². The zero-order chi connectivity index (χ0) is 19.1. The van der Waals surface area contributed by atoms with E-state index in [2.05, 4.69) is 17.4 Å². The molecule has 0 aliphatic rings. The lowest BCUT2D eigenvalue weighted by Gasteiger charge is -2.25. The third kappa shape index (κ3) is 5.45. The molecular weight excluding hydrogens is 324 g/mol. The molecule has 0 spiro atoms. The molecular formula is C22H28N2O2. The summed E-state index contributed by atoms with van der Waals surface area (Å²) in [6, 6.07) is 14.2. The number of amides is 2. The fourth-order valence-corrected chi connectivity index (χ4v) is 3.32. The summed E-state index contributed by atoms with van der Waals surface area (Å²) in [5, 5.41) is 2.94. The Hall–Kier alpha value is -2.62. The van der Waals surface area contributed by atoms with Crippen LogP contribution in [0.3, 0.4) is 0 Å². The molecule has 2 rings (SSSR count). The van der Waals surface area contributed by atoms with Crippen LogP contribution in [0.1, 0.15) is 35.6 Å². The van der Waals surface area contributed by atoms with E-state index in [-0.39, 0.29) is 11.8 Å². The van der Waals surface area contributed by atoms with Crippen molar-refractivity contribution < 1.29 is 9.59 Å². The van der Waals surface area contributed by atoms with Gasteiger partial charge in [-0.3, -0.25) is 9.59 Å². The van der Waals surface area contributed by atoms with Crippen LogP contribution in [0, 0.1) is 20.8 Å². The molecule has 0 atom stereocenters. The van der Waals surface area contributed by atoms with E-state index < -0.39 is 0 Å². The van der Waals surface area contributed by atoms with Gasteiger partial charge < -0.3 is 10.2 Å². The summed E-state index contributed by atoms with van der Waals surface area (Å²) < 4.78 is 0. The molecule has 0 radical (unpaired) electrons. The number of carbonyl (C=O) groups is 2. The predicted molar refractivity (Wildman–Crippen MR) is 106 cm³/mol. The van der Waals surface area contributed by atoms with E-state index in [1.54, 1.807) is 11.8 Å². The number of aryl methyl sites for hydroxylation is 3. The Morgan fingerprint density at radius 1 is 1.00 bits per heavy atom. The van der Waals surface area contributed by atoms with Gasteiger partial charge in [0.05, 0.1) is 0 Å². The number of rotatable bonds is 7. The summed E-state index contributed by atoms with van der Waals surface area (Å²) in [7, 11) is 0. The van der Waals surface area contributed by atoms with E-state index in [1.807, 2.05) is 51.1 Å². The summed E-state index contributed by atoms with van der Waals surface area (Å²) >= 11 is 0. The number of hydrogen-bond donors (Lipinski definition) is 1. The first-order valence-electron chi connectivity index (χ1n) is 9.05. The van der Waals surface area contributed by atoms with Gasteiger partial charge in [-0.25, -0.2) is 0 Å². The number of nitrogens with zero attached hydrogens (tertiary/aromatic N) is 1. The van der Waals surface area contributed by atoms with Gasteiger partial charge in [-0.15, -0.1) is 0 Å². The molecule has 0 bridgehead atoms. The minimum Gasteiger partial charge on any atom is -0.356 e. The van der Waals surface area contributed by atoms with Gasteiger partial charge in [0.25, 0.3) is 0 Å². The molecule has 26 heavy (non-hydrogen) atoms. The first kappa shape index (κ1) is 19.7. The number of hydrogen-bond acceptors (Lipinski definition) is 2. The summed E-state index contributed by atoms with van der Waals surface area (Å²) in [6.07, 6.45) is 1.10. The quantitative estimate of drug-likeness (QED) is 0.826. The van der Waals surface area contributed by atoms with Crippen LogP contribution in [-0.4, -0.2) is 24.9 Å². The van der Waals surface area contributed by atoms with E-state index in [0.29, 0.717) is 19.5 Å². The Bertz CT molecular complexity index is 746. The molecule has 2 aromatic carbocycles. The lowest BCUT2D eigenvalue weighted by atomic mass is 10.0.